The third kappa shape index (κ3) is 4.49. The molecule has 28 heavy (non-hydrogen) atoms. The van der Waals surface area contributed by atoms with Gasteiger partial charge in [0.2, 0.25) is 0 Å². The fraction of sp³-hybridized carbons (Fsp3) is 0.286. The van der Waals surface area contributed by atoms with Gasteiger partial charge >= 0.3 is 0 Å². The van der Waals surface area contributed by atoms with E-state index in [1.807, 2.05) is 61.7 Å². The van der Waals surface area contributed by atoms with Crippen molar-refractivity contribution in [2.45, 2.75) is 34.1 Å². The number of rotatable bonds is 7. The van der Waals surface area contributed by atoms with Gasteiger partial charge in [0.05, 0.1) is 6.21 Å². The van der Waals surface area contributed by atoms with Gasteiger partial charge in [-0.2, -0.15) is 5.10 Å². The van der Waals surface area contributed by atoms with Crippen LogP contribution in [-0.2, 0) is 11.2 Å². The van der Waals surface area contributed by atoms with E-state index in [0.717, 1.165) is 35.0 Å². The molecule has 2 heterocycles. The Balaban J connectivity index is 1.57. The standard InChI is InChI=1S/C21H24N4O3/c1-5-17-6-8-19(9-7-17)27-13-21(26)23-22-12-18-10-14(2)25(16(18)4)20-11-15(3)28-24-20/h6-12H,5,13H2,1-4H3,(H,23,26)/b22-12-. The number of carbonyl (C=O) groups is 1. The molecule has 0 aliphatic carbocycles. The van der Waals surface area contributed by atoms with Crippen LogP contribution in [0.25, 0.3) is 5.82 Å². The van der Waals surface area contributed by atoms with Crippen LogP contribution in [0.4, 0.5) is 0 Å². The van der Waals surface area contributed by atoms with E-state index in [1.165, 1.54) is 5.56 Å². The maximum atomic E-state index is 11.9. The van der Waals surface area contributed by atoms with Gasteiger partial charge in [0, 0.05) is 23.0 Å². The van der Waals surface area contributed by atoms with Crippen molar-refractivity contribution in [1.29, 1.82) is 0 Å². The largest absolute Gasteiger partial charge is 0.484 e. The van der Waals surface area contributed by atoms with Crippen LogP contribution in [0.2, 0.25) is 0 Å². The molecule has 3 aromatic rings. The van der Waals surface area contributed by atoms with Crippen molar-refractivity contribution in [3.63, 3.8) is 0 Å². The lowest BCUT2D eigenvalue weighted by Gasteiger charge is -2.05. The molecule has 2 aromatic heterocycles. The van der Waals surface area contributed by atoms with Gasteiger partial charge in [-0.1, -0.05) is 24.2 Å². The Bertz CT molecular complexity index is 984. The molecule has 0 radical (unpaired) electrons. The quantitative estimate of drug-likeness (QED) is 0.503. The summed E-state index contributed by atoms with van der Waals surface area (Å²) in [6.07, 6.45) is 2.58. The van der Waals surface area contributed by atoms with E-state index in [1.54, 1.807) is 6.21 Å². The summed E-state index contributed by atoms with van der Waals surface area (Å²) in [6, 6.07) is 11.5. The van der Waals surface area contributed by atoms with Crippen molar-refractivity contribution in [1.82, 2.24) is 15.1 Å². The Morgan fingerprint density at radius 3 is 2.64 bits per heavy atom. The summed E-state index contributed by atoms with van der Waals surface area (Å²) in [5, 5.41) is 8.08. The minimum absolute atomic E-state index is 0.0972. The summed E-state index contributed by atoms with van der Waals surface area (Å²) in [5.74, 6) is 1.80. The number of amides is 1. The summed E-state index contributed by atoms with van der Waals surface area (Å²) < 4.78 is 12.6. The lowest BCUT2D eigenvalue weighted by molar-refractivity contribution is -0.123. The van der Waals surface area contributed by atoms with Crippen LogP contribution in [0.15, 0.2) is 46.0 Å². The topological polar surface area (TPSA) is 81.6 Å². The van der Waals surface area contributed by atoms with Gasteiger partial charge in [-0.3, -0.25) is 9.36 Å². The fourth-order valence-electron chi connectivity index (χ4n) is 2.91. The molecule has 3 rings (SSSR count). The van der Waals surface area contributed by atoms with E-state index in [-0.39, 0.29) is 12.5 Å². The second-order valence-electron chi connectivity index (χ2n) is 6.54. The first kappa shape index (κ1) is 19.4. The maximum Gasteiger partial charge on any atom is 0.277 e. The molecule has 0 bridgehead atoms. The molecule has 146 valence electrons. The highest BCUT2D eigenvalue weighted by Crippen LogP contribution is 2.19. The molecule has 0 saturated carbocycles. The monoisotopic (exact) mass is 380 g/mol. The van der Waals surface area contributed by atoms with Crippen molar-refractivity contribution < 1.29 is 14.1 Å². The summed E-state index contributed by atoms with van der Waals surface area (Å²) in [7, 11) is 0. The Morgan fingerprint density at radius 2 is 2.00 bits per heavy atom. The summed E-state index contributed by atoms with van der Waals surface area (Å²) in [4.78, 5) is 11.9. The molecule has 0 spiro atoms. The zero-order chi connectivity index (χ0) is 20.1. The number of aromatic nitrogens is 2. The number of nitrogens with zero attached hydrogens (tertiary/aromatic N) is 3. The van der Waals surface area contributed by atoms with Gasteiger partial charge in [-0.15, -0.1) is 0 Å². The number of aryl methyl sites for hydroxylation is 3. The second kappa shape index (κ2) is 8.56. The van der Waals surface area contributed by atoms with Gasteiger partial charge in [-0.25, -0.2) is 5.43 Å². The SMILES string of the molecule is CCc1ccc(OCC(=O)N/N=C\c2cc(C)n(-c3cc(C)on3)c2C)cc1. The van der Waals surface area contributed by atoms with Crippen LogP contribution >= 0.6 is 0 Å². The van der Waals surface area contributed by atoms with Crippen molar-refractivity contribution >= 4 is 12.1 Å². The van der Waals surface area contributed by atoms with E-state index < -0.39 is 0 Å². The van der Waals surface area contributed by atoms with Crippen molar-refractivity contribution in [2.75, 3.05) is 6.61 Å². The number of hydrogen-bond donors (Lipinski definition) is 1. The van der Waals surface area contributed by atoms with Gasteiger partial charge in [0.15, 0.2) is 12.4 Å². The molecule has 0 saturated heterocycles. The molecule has 7 heteroatoms. The zero-order valence-electron chi connectivity index (χ0n) is 16.5. The molecule has 7 nitrogen and oxygen atoms in total. The first-order valence-corrected chi connectivity index (χ1v) is 9.14. The minimum atomic E-state index is -0.322. The molecule has 0 fully saturated rings. The zero-order valence-corrected chi connectivity index (χ0v) is 16.5. The van der Waals surface area contributed by atoms with Crippen LogP contribution in [0, 0.1) is 20.8 Å². The van der Waals surface area contributed by atoms with E-state index in [9.17, 15) is 4.79 Å². The highest BCUT2D eigenvalue weighted by atomic mass is 16.5. The molecule has 0 aliphatic heterocycles. The fourth-order valence-corrected chi connectivity index (χ4v) is 2.91. The number of nitrogens with one attached hydrogen (secondary N) is 1. The molecule has 0 atom stereocenters. The van der Waals surface area contributed by atoms with E-state index in [2.05, 4.69) is 22.6 Å². The molecular weight excluding hydrogens is 356 g/mol. The van der Waals surface area contributed by atoms with Crippen molar-refractivity contribution in [2.24, 2.45) is 5.10 Å². The van der Waals surface area contributed by atoms with Crippen molar-refractivity contribution in [3.8, 4) is 11.6 Å². The highest BCUT2D eigenvalue weighted by molar-refractivity contribution is 5.84. The first-order valence-electron chi connectivity index (χ1n) is 9.14. The molecule has 1 aromatic carbocycles. The number of hydrazone groups is 1. The van der Waals surface area contributed by atoms with Gasteiger partial charge in [0.25, 0.3) is 5.91 Å². The van der Waals surface area contributed by atoms with Crippen LogP contribution in [0.5, 0.6) is 5.75 Å². The van der Waals surface area contributed by atoms with Gasteiger partial charge < -0.3 is 9.26 Å². The predicted octanol–water partition coefficient (Wildman–Crippen LogP) is 3.48. The van der Waals surface area contributed by atoms with Crippen LogP contribution in [0.1, 0.15) is 35.2 Å². The maximum absolute atomic E-state index is 11.9. The Kier molecular flexibility index (Phi) is 5.93. The first-order chi connectivity index (χ1) is 13.5. The minimum Gasteiger partial charge on any atom is -0.484 e. The molecule has 1 amide bonds. The van der Waals surface area contributed by atoms with E-state index in [0.29, 0.717) is 5.75 Å². The summed E-state index contributed by atoms with van der Waals surface area (Å²) in [5.41, 5.74) is 6.54. The van der Waals surface area contributed by atoms with Crippen LogP contribution < -0.4 is 10.2 Å². The number of hydrogen-bond acceptors (Lipinski definition) is 5. The molecule has 0 unspecified atom stereocenters. The van der Waals surface area contributed by atoms with Crippen LogP contribution in [-0.4, -0.2) is 28.5 Å². The average molecular weight is 380 g/mol. The van der Waals surface area contributed by atoms with Crippen molar-refractivity contribution in [3.05, 3.63) is 64.7 Å². The summed E-state index contributed by atoms with van der Waals surface area (Å²) >= 11 is 0. The Hall–Kier alpha value is -3.35. The smallest absolute Gasteiger partial charge is 0.277 e. The lowest BCUT2D eigenvalue weighted by atomic mass is 10.2. The van der Waals surface area contributed by atoms with E-state index in [4.69, 9.17) is 9.26 Å². The number of carbonyl (C=O) groups excluding carboxylic acids is 1. The van der Waals surface area contributed by atoms with Crippen LogP contribution in [0.3, 0.4) is 0 Å². The highest BCUT2D eigenvalue weighted by Gasteiger charge is 2.12. The predicted molar refractivity (Wildman–Crippen MR) is 107 cm³/mol. The molecule has 1 N–H and O–H groups in total. The third-order valence-corrected chi connectivity index (χ3v) is 4.41. The lowest BCUT2D eigenvalue weighted by Crippen LogP contribution is -2.24. The summed E-state index contributed by atoms with van der Waals surface area (Å²) in [6.45, 7) is 7.78. The Morgan fingerprint density at radius 1 is 1.25 bits per heavy atom. The average Bonchev–Trinajstić information content (AvgIpc) is 3.23. The number of ether oxygens (including phenoxy) is 1. The molecule has 0 aliphatic rings. The Labute approximate surface area is 164 Å². The van der Waals surface area contributed by atoms with Gasteiger partial charge in [-0.05, 0) is 51.0 Å². The normalized spacial score (nSPS) is 11.1. The van der Waals surface area contributed by atoms with Gasteiger partial charge in [0.1, 0.15) is 11.5 Å². The molecular formula is C21H24N4O3. The number of benzene rings is 1. The second-order valence-corrected chi connectivity index (χ2v) is 6.54. The van der Waals surface area contributed by atoms with E-state index >= 15 is 0 Å². The third-order valence-electron chi connectivity index (χ3n) is 4.41.